The van der Waals surface area contributed by atoms with Crippen LogP contribution in [0.1, 0.15) is 67.3 Å². The van der Waals surface area contributed by atoms with E-state index in [4.69, 9.17) is 0 Å². The van der Waals surface area contributed by atoms with Crippen molar-refractivity contribution in [1.29, 1.82) is 0 Å². The molecular formula is C22H28N4O2. The summed E-state index contributed by atoms with van der Waals surface area (Å²) in [6, 6.07) is 9.76. The largest absolute Gasteiger partial charge is 0.349 e. The first-order chi connectivity index (χ1) is 13.7. The van der Waals surface area contributed by atoms with Crippen LogP contribution in [0.5, 0.6) is 0 Å². The van der Waals surface area contributed by atoms with Crippen LogP contribution in [0.2, 0.25) is 0 Å². The van der Waals surface area contributed by atoms with Gasteiger partial charge in [0.1, 0.15) is 5.82 Å². The van der Waals surface area contributed by atoms with Crippen LogP contribution >= 0.6 is 0 Å². The first-order valence-electron chi connectivity index (χ1n) is 10.4. The molecule has 1 aliphatic heterocycles. The quantitative estimate of drug-likeness (QED) is 0.880. The summed E-state index contributed by atoms with van der Waals surface area (Å²) in [5.74, 6) is 0.950. The summed E-state index contributed by atoms with van der Waals surface area (Å²) in [6.07, 6.45) is 10.6. The maximum absolute atomic E-state index is 12.6. The second-order valence-electron chi connectivity index (χ2n) is 7.85. The van der Waals surface area contributed by atoms with E-state index in [1.54, 1.807) is 11.1 Å². The number of hydrogen-bond donors (Lipinski definition) is 1. The number of carbonyl (C=O) groups excluding carboxylic acids is 2. The lowest BCUT2D eigenvalue weighted by Crippen LogP contribution is -2.37. The van der Waals surface area contributed by atoms with E-state index in [0.717, 1.165) is 24.2 Å². The molecule has 148 valence electrons. The summed E-state index contributed by atoms with van der Waals surface area (Å²) in [5, 5.41) is 7.46. The first-order valence-corrected chi connectivity index (χ1v) is 10.4. The van der Waals surface area contributed by atoms with Crippen LogP contribution in [0, 0.1) is 0 Å². The molecule has 1 aromatic heterocycles. The molecule has 4 rings (SSSR count). The van der Waals surface area contributed by atoms with Gasteiger partial charge in [-0.3, -0.25) is 14.5 Å². The van der Waals surface area contributed by atoms with E-state index in [1.807, 2.05) is 35.0 Å². The van der Waals surface area contributed by atoms with Crippen LogP contribution in [0.4, 0.5) is 5.82 Å². The average Bonchev–Trinajstić information content (AvgIpc) is 3.15. The molecule has 2 aromatic rings. The number of anilines is 1. The number of nitrogens with one attached hydrogen (secondary N) is 1. The van der Waals surface area contributed by atoms with Gasteiger partial charge < -0.3 is 5.32 Å². The Morgan fingerprint density at radius 1 is 1.04 bits per heavy atom. The Balaban J connectivity index is 1.38. The van der Waals surface area contributed by atoms with Gasteiger partial charge in [-0.1, -0.05) is 44.2 Å². The third-order valence-electron chi connectivity index (χ3n) is 5.81. The molecule has 0 atom stereocenters. The Hall–Kier alpha value is -2.63. The van der Waals surface area contributed by atoms with Gasteiger partial charge in [0.05, 0.1) is 19.3 Å². The van der Waals surface area contributed by atoms with Gasteiger partial charge in [0, 0.05) is 24.1 Å². The van der Waals surface area contributed by atoms with Crippen LogP contribution in [0.25, 0.3) is 0 Å². The van der Waals surface area contributed by atoms with E-state index < -0.39 is 0 Å². The van der Waals surface area contributed by atoms with Crippen molar-refractivity contribution in [2.24, 2.45) is 0 Å². The molecule has 1 aromatic carbocycles. The van der Waals surface area contributed by atoms with Gasteiger partial charge in [-0.25, -0.2) is 4.68 Å². The number of hydrogen-bond acceptors (Lipinski definition) is 3. The Kier molecular flexibility index (Phi) is 5.74. The van der Waals surface area contributed by atoms with Crippen molar-refractivity contribution in [2.45, 2.75) is 70.5 Å². The van der Waals surface area contributed by atoms with Crippen molar-refractivity contribution in [1.82, 2.24) is 15.1 Å². The number of fused-ring (bicyclic) bond motifs is 1. The lowest BCUT2D eigenvalue weighted by atomic mass is 9.96. The zero-order chi connectivity index (χ0) is 19.3. The summed E-state index contributed by atoms with van der Waals surface area (Å²) >= 11 is 0. The first kappa shape index (κ1) is 18.7. The van der Waals surface area contributed by atoms with Gasteiger partial charge >= 0.3 is 0 Å². The number of nitrogens with zero attached hydrogens (tertiary/aromatic N) is 3. The van der Waals surface area contributed by atoms with E-state index in [1.165, 1.54) is 32.1 Å². The van der Waals surface area contributed by atoms with Crippen molar-refractivity contribution in [2.75, 3.05) is 4.90 Å². The lowest BCUT2D eigenvalue weighted by molar-refractivity contribution is -0.119. The monoisotopic (exact) mass is 380 g/mol. The summed E-state index contributed by atoms with van der Waals surface area (Å²) in [5.41, 5.74) is 1.69. The van der Waals surface area contributed by atoms with Gasteiger partial charge in [-0.15, -0.1) is 0 Å². The van der Waals surface area contributed by atoms with E-state index in [2.05, 4.69) is 10.4 Å². The number of carbonyl (C=O) groups is 2. The smallest absolute Gasteiger partial charge is 0.251 e. The fourth-order valence-electron chi connectivity index (χ4n) is 4.17. The van der Waals surface area contributed by atoms with Gasteiger partial charge in [-0.2, -0.15) is 5.10 Å². The summed E-state index contributed by atoms with van der Waals surface area (Å²) in [4.78, 5) is 26.7. The summed E-state index contributed by atoms with van der Waals surface area (Å²) < 4.78 is 1.86. The highest BCUT2D eigenvalue weighted by Crippen LogP contribution is 2.23. The highest BCUT2D eigenvalue weighted by atomic mass is 16.2. The normalized spacial score (nSPS) is 18.3. The van der Waals surface area contributed by atoms with Crippen molar-refractivity contribution in [3.8, 4) is 0 Å². The van der Waals surface area contributed by atoms with E-state index >= 15 is 0 Å². The average molecular weight is 380 g/mol. The molecule has 0 radical (unpaired) electrons. The van der Waals surface area contributed by atoms with E-state index in [9.17, 15) is 9.59 Å². The summed E-state index contributed by atoms with van der Waals surface area (Å²) in [6.45, 7) is 1.13. The number of aromatic nitrogens is 2. The molecule has 6 heteroatoms. The van der Waals surface area contributed by atoms with Crippen LogP contribution in [0.15, 0.2) is 36.5 Å². The van der Waals surface area contributed by atoms with Gasteiger partial charge in [0.2, 0.25) is 5.91 Å². The maximum Gasteiger partial charge on any atom is 0.251 e. The van der Waals surface area contributed by atoms with Crippen LogP contribution in [0.3, 0.4) is 0 Å². The number of benzene rings is 1. The molecule has 1 N–H and O–H groups in total. The Morgan fingerprint density at radius 3 is 2.50 bits per heavy atom. The third kappa shape index (κ3) is 4.26. The van der Waals surface area contributed by atoms with Gasteiger partial charge in [-0.05, 0) is 30.5 Å². The van der Waals surface area contributed by atoms with Crippen molar-refractivity contribution >= 4 is 17.6 Å². The zero-order valence-corrected chi connectivity index (χ0v) is 16.3. The van der Waals surface area contributed by atoms with Crippen molar-refractivity contribution < 1.29 is 9.59 Å². The molecule has 2 heterocycles. The van der Waals surface area contributed by atoms with Crippen molar-refractivity contribution in [3.63, 3.8) is 0 Å². The third-order valence-corrected chi connectivity index (χ3v) is 5.81. The minimum Gasteiger partial charge on any atom is -0.349 e. The fraction of sp³-hybridized carbons (Fsp3) is 0.500. The molecule has 28 heavy (non-hydrogen) atoms. The molecule has 0 spiro atoms. The molecule has 2 amide bonds. The highest BCUT2D eigenvalue weighted by molar-refractivity contribution is 5.95. The number of rotatable bonds is 4. The van der Waals surface area contributed by atoms with E-state index in [0.29, 0.717) is 31.1 Å². The Morgan fingerprint density at radius 2 is 1.75 bits per heavy atom. The van der Waals surface area contributed by atoms with Crippen LogP contribution < -0.4 is 10.2 Å². The lowest BCUT2D eigenvalue weighted by Gasteiger charge is -2.27. The van der Waals surface area contributed by atoms with Crippen LogP contribution in [-0.2, 0) is 17.9 Å². The van der Waals surface area contributed by atoms with Crippen molar-refractivity contribution in [3.05, 3.63) is 47.7 Å². The molecule has 0 saturated heterocycles. The van der Waals surface area contributed by atoms with Gasteiger partial charge in [0.15, 0.2) is 0 Å². The topological polar surface area (TPSA) is 67.2 Å². The van der Waals surface area contributed by atoms with E-state index in [-0.39, 0.29) is 11.8 Å². The molecule has 2 aliphatic rings. The minimum absolute atomic E-state index is 0.00393. The molecule has 0 bridgehead atoms. The maximum atomic E-state index is 12.6. The molecular weight excluding hydrogens is 352 g/mol. The zero-order valence-electron chi connectivity index (χ0n) is 16.3. The second-order valence-corrected chi connectivity index (χ2v) is 7.85. The number of aryl methyl sites for hydroxylation is 1. The summed E-state index contributed by atoms with van der Waals surface area (Å²) in [7, 11) is 0. The standard InChI is InChI=1S/C22H28N4O2/c27-21-13-15-26-20(12-14-23-26)25(21)16-17-8-10-18(11-9-17)22(28)24-19-6-4-2-1-3-5-7-19/h8-12,14,19H,1-7,13,15-16H2,(H,24,28). The molecule has 1 aliphatic carbocycles. The second kappa shape index (κ2) is 8.59. The highest BCUT2D eigenvalue weighted by Gasteiger charge is 2.24. The number of amides is 2. The minimum atomic E-state index is 0.00393. The predicted molar refractivity (Wildman–Crippen MR) is 108 cm³/mol. The molecule has 6 nitrogen and oxygen atoms in total. The molecule has 0 unspecified atom stereocenters. The predicted octanol–water partition coefficient (Wildman–Crippen LogP) is 3.66. The van der Waals surface area contributed by atoms with Crippen LogP contribution in [-0.4, -0.2) is 27.6 Å². The Bertz CT molecular complexity index is 819. The fourth-order valence-corrected chi connectivity index (χ4v) is 4.17. The van der Waals surface area contributed by atoms with Gasteiger partial charge in [0.25, 0.3) is 5.91 Å². The molecule has 1 saturated carbocycles. The SMILES string of the molecule is O=C(NC1CCCCCCC1)c1ccc(CN2C(=O)CCn3nccc32)cc1. The molecule has 1 fully saturated rings. The Labute approximate surface area is 165 Å².